The maximum atomic E-state index is 3.87. The summed E-state index contributed by atoms with van der Waals surface area (Å²) < 4.78 is 0. The fraction of sp³-hybridized carbons (Fsp3) is 1.00. The predicted octanol–water partition coefficient (Wildman–Crippen LogP) is 3.74. The molecular formula is C14H27N. The van der Waals surface area contributed by atoms with Gasteiger partial charge in [-0.05, 0) is 37.0 Å². The molecule has 0 saturated heterocycles. The summed E-state index contributed by atoms with van der Waals surface area (Å²) in [6.07, 6.45) is 11.5. The van der Waals surface area contributed by atoms with Gasteiger partial charge in [-0.25, -0.2) is 0 Å². The molecule has 0 aromatic carbocycles. The van der Waals surface area contributed by atoms with Crippen molar-refractivity contribution in [1.29, 1.82) is 0 Å². The van der Waals surface area contributed by atoms with Crippen molar-refractivity contribution in [3.63, 3.8) is 0 Å². The molecule has 0 radical (unpaired) electrons. The van der Waals surface area contributed by atoms with Crippen molar-refractivity contribution >= 4 is 0 Å². The highest BCUT2D eigenvalue weighted by Gasteiger charge is 2.31. The lowest BCUT2D eigenvalue weighted by Gasteiger charge is -2.28. The van der Waals surface area contributed by atoms with Crippen molar-refractivity contribution in [2.24, 2.45) is 11.3 Å². The summed E-state index contributed by atoms with van der Waals surface area (Å²) in [5, 5.41) is 3.87. The Hall–Kier alpha value is -0.0400. The summed E-state index contributed by atoms with van der Waals surface area (Å²) in [7, 11) is 0. The topological polar surface area (TPSA) is 12.0 Å². The van der Waals surface area contributed by atoms with Gasteiger partial charge in [-0.1, -0.05) is 39.5 Å². The summed E-state index contributed by atoms with van der Waals surface area (Å²) in [6.45, 7) is 6.10. The predicted molar refractivity (Wildman–Crippen MR) is 66.0 cm³/mol. The van der Waals surface area contributed by atoms with Crippen LogP contribution in [0.3, 0.4) is 0 Å². The maximum absolute atomic E-state index is 3.87. The Morgan fingerprint density at radius 2 is 1.87 bits per heavy atom. The van der Waals surface area contributed by atoms with Gasteiger partial charge in [0.15, 0.2) is 0 Å². The molecule has 1 N–H and O–H groups in total. The molecule has 0 aromatic rings. The fourth-order valence-corrected chi connectivity index (χ4v) is 3.58. The fourth-order valence-electron chi connectivity index (χ4n) is 3.58. The maximum Gasteiger partial charge on any atom is 0.00954 e. The summed E-state index contributed by atoms with van der Waals surface area (Å²) in [6, 6.07) is 0.840. The Morgan fingerprint density at radius 1 is 1.13 bits per heavy atom. The van der Waals surface area contributed by atoms with Crippen LogP contribution in [0.4, 0.5) is 0 Å². The van der Waals surface area contributed by atoms with E-state index in [-0.39, 0.29) is 0 Å². The van der Waals surface area contributed by atoms with Gasteiger partial charge in [-0.2, -0.15) is 0 Å². The molecule has 0 amide bonds. The van der Waals surface area contributed by atoms with Gasteiger partial charge in [0.05, 0.1) is 0 Å². The summed E-state index contributed by atoms with van der Waals surface area (Å²) in [5.41, 5.74) is 0.626. The second-order valence-corrected chi connectivity index (χ2v) is 6.10. The first kappa shape index (κ1) is 11.4. The average molecular weight is 209 g/mol. The van der Waals surface area contributed by atoms with E-state index in [1.165, 1.54) is 57.9 Å². The lowest BCUT2D eigenvalue weighted by Crippen LogP contribution is -2.39. The van der Waals surface area contributed by atoms with Crippen LogP contribution in [0.25, 0.3) is 0 Å². The van der Waals surface area contributed by atoms with Crippen LogP contribution in [-0.4, -0.2) is 12.6 Å². The van der Waals surface area contributed by atoms with Crippen LogP contribution in [-0.2, 0) is 0 Å². The van der Waals surface area contributed by atoms with E-state index < -0.39 is 0 Å². The van der Waals surface area contributed by atoms with Crippen molar-refractivity contribution in [2.45, 2.75) is 71.3 Å². The zero-order chi connectivity index (χ0) is 10.7. The minimum absolute atomic E-state index is 0.626. The van der Waals surface area contributed by atoms with E-state index >= 15 is 0 Å². The molecule has 0 spiro atoms. The third-order valence-electron chi connectivity index (χ3n) is 4.79. The molecule has 15 heavy (non-hydrogen) atoms. The highest BCUT2D eigenvalue weighted by Crippen LogP contribution is 2.37. The van der Waals surface area contributed by atoms with Crippen LogP contribution in [0.5, 0.6) is 0 Å². The molecule has 0 heterocycles. The molecule has 0 aromatic heterocycles. The lowest BCUT2D eigenvalue weighted by molar-refractivity contribution is 0.275. The van der Waals surface area contributed by atoms with E-state index in [9.17, 15) is 0 Å². The molecular weight excluding hydrogens is 182 g/mol. The van der Waals surface area contributed by atoms with Crippen LogP contribution in [0, 0.1) is 11.3 Å². The first-order chi connectivity index (χ1) is 7.23. The smallest absolute Gasteiger partial charge is 0.00954 e. The van der Waals surface area contributed by atoms with Crippen molar-refractivity contribution < 1.29 is 0 Å². The molecule has 2 aliphatic rings. The largest absolute Gasteiger partial charge is 0.313 e. The zero-order valence-corrected chi connectivity index (χ0v) is 10.5. The molecule has 2 aliphatic carbocycles. The SMILES string of the molecule is CCC1CCCC1NCC1(C)CCCC1. The van der Waals surface area contributed by atoms with Gasteiger partial charge in [0.1, 0.15) is 0 Å². The van der Waals surface area contributed by atoms with Gasteiger partial charge in [0, 0.05) is 12.6 Å². The van der Waals surface area contributed by atoms with Crippen molar-refractivity contribution in [1.82, 2.24) is 5.32 Å². The highest BCUT2D eigenvalue weighted by molar-refractivity contribution is 4.87. The van der Waals surface area contributed by atoms with Gasteiger partial charge < -0.3 is 5.32 Å². The van der Waals surface area contributed by atoms with Gasteiger partial charge in [-0.3, -0.25) is 0 Å². The standard InChI is InChI=1S/C14H27N/c1-3-12-7-6-8-13(12)15-11-14(2)9-4-5-10-14/h12-13,15H,3-11H2,1-2H3. The summed E-state index contributed by atoms with van der Waals surface area (Å²) in [4.78, 5) is 0. The van der Waals surface area contributed by atoms with Gasteiger partial charge in [0.25, 0.3) is 0 Å². The number of hydrogen-bond donors (Lipinski definition) is 1. The molecule has 2 fully saturated rings. The minimum atomic E-state index is 0.626. The summed E-state index contributed by atoms with van der Waals surface area (Å²) in [5.74, 6) is 0.968. The van der Waals surface area contributed by atoms with Crippen LogP contribution >= 0.6 is 0 Å². The second-order valence-electron chi connectivity index (χ2n) is 6.10. The van der Waals surface area contributed by atoms with Crippen LogP contribution in [0.1, 0.15) is 65.2 Å². The van der Waals surface area contributed by atoms with Crippen molar-refractivity contribution in [2.75, 3.05) is 6.54 Å². The van der Waals surface area contributed by atoms with E-state index in [0.717, 1.165) is 12.0 Å². The second kappa shape index (κ2) is 4.86. The van der Waals surface area contributed by atoms with Crippen molar-refractivity contribution in [3.8, 4) is 0 Å². The number of nitrogens with one attached hydrogen (secondary N) is 1. The first-order valence-electron chi connectivity index (χ1n) is 6.97. The molecule has 0 aliphatic heterocycles. The normalized spacial score (nSPS) is 34.8. The number of rotatable bonds is 4. The van der Waals surface area contributed by atoms with E-state index in [2.05, 4.69) is 19.2 Å². The molecule has 2 atom stereocenters. The quantitative estimate of drug-likeness (QED) is 0.744. The van der Waals surface area contributed by atoms with Crippen LogP contribution < -0.4 is 5.32 Å². The van der Waals surface area contributed by atoms with Gasteiger partial charge in [0.2, 0.25) is 0 Å². The zero-order valence-electron chi connectivity index (χ0n) is 10.5. The summed E-state index contributed by atoms with van der Waals surface area (Å²) >= 11 is 0. The van der Waals surface area contributed by atoms with E-state index in [4.69, 9.17) is 0 Å². The Labute approximate surface area is 95.0 Å². The molecule has 1 nitrogen and oxygen atoms in total. The molecule has 0 bridgehead atoms. The van der Waals surface area contributed by atoms with Crippen LogP contribution in [0.15, 0.2) is 0 Å². The molecule has 88 valence electrons. The Balaban J connectivity index is 1.77. The Kier molecular flexibility index (Phi) is 3.71. The molecule has 2 unspecified atom stereocenters. The third kappa shape index (κ3) is 2.75. The van der Waals surface area contributed by atoms with E-state index in [1.54, 1.807) is 0 Å². The highest BCUT2D eigenvalue weighted by atomic mass is 14.9. The van der Waals surface area contributed by atoms with E-state index in [0.29, 0.717) is 5.41 Å². The lowest BCUT2D eigenvalue weighted by atomic mass is 9.88. The van der Waals surface area contributed by atoms with Crippen molar-refractivity contribution in [3.05, 3.63) is 0 Å². The average Bonchev–Trinajstić information content (AvgIpc) is 2.84. The van der Waals surface area contributed by atoms with Crippen LogP contribution in [0.2, 0.25) is 0 Å². The van der Waals surface area contributed by atoms with Gasteiger partial charge in [-0.15, -0.1) is 0 Å². The Morgan fingerprint density at radius 3 is 2.53 bits per heavy atom. The Bertz CT molecular complexity index is 194. The van der Waals surface area contributed by atoms with E-state index in [1.807, 2.05) is 0 Å². The first-order valence-corrected chi connectivity index (χ1v) is 6.97. The number of hydrogen-bond acceptors (Lipinski definition) is 1. The molecule has 2 rings (SSSR count). The molecule has 1 heteroatoms. The monoisotopic (exact) mass is 209 g/mol. The third-order valence-corrected chi connectivity index (χ3v) is 4.79. The minimum Gasteiger partial charge on any atom is -0.313 e. The van der Waals surface area contributed by atoms with Gasteiger partial charge >= 0.3 is 0 Å². The molecule has 2 saturated carbocycles.